The Bertz CT molecular complexity index is 821. The first-order chi connectivity index (χ1) is 25.8. The van der Waals surface area contributed by atoms with E-state index in [4.69, 9.17) is 0 Å². The van der Waals surface area contributed by atoms with Crippen LogP contribution in [-0.2, 0) is 103 Å². The van der Waals surface area contributed by atoms with Crippen molar-refractivity contribution in [3.8, 4) is 0 Å². The van der Waals surface area contributed by atoms with Gasteiger partial charge in [-0.25, -0.2) is 0 Å². The Labute approximate surface area is 330 Å². The molecule has 0 atom stereocenters. The van der Waals surface area contributed by atoms with Gasteiger partial charge in [-0.3, -0.25) is 35.1 Å². The zero-order valence-electron chi connectivity index (χ0n) is 31.4. The first-order valence-electron chi connectivity index (χ1n) is 15.1. The van der Waals surface area contributed by atoms with Crippen LogP contribution in [0.3, 0.4) is 0 Å². The molecular weight excluding hydrogens is 786 g/mol. The number of carbonyl (C=O) groups is 6. The van der Waals surface area contributed by atoms with E-state index < -0.39 is 0 Å². The van der Waals surface area contributed by atoms with E-state index in [2.05, 4.69) is 55.0 Å². The Morgan fingerprint density at radius 1 is 0.364 bits per heavy atom. The van der Waals surface area contributed by atoms with Gasteiger partial charge in [0.1, 0.15) is 0 Å². The van der Waals surface area contributed by atoms with Crippen LogP contribution < -0.4 is 26.6 Å². The van der Waals surface area contributed by atoms with E-state index in [9.17, 15) is 57.5 Å². The van der Waals surface area contributed by atoms with Crippen molar-refractivity contribution >= 4 is 74.2 Å². The van der Waals surface area contributed by atoms with Crippen molar-refractivity contribution in [1.82, 2.24) is 26.6 Å². The monoisotopic (exact) mass is 835 g/mol. The number of ether oxygens (including phenoxy) is 6. The summed E-state index contributed by atoms with van der Waals surface area (Å²) in [4.78, 5) is 119. The molecule has 0 aromatic heterocycles. The maximum atomic E-state index is 10.3. The van der Waals surface area contributed by atoms with Crippen molar-refractivity contribution in [2.24, 2.45) is 0 Å². The molecule has 0 rings (SSSR count). The number of unbranched alkanes of at least 4 members (excludes halogenated alkanes) is 1. The molecule has 0 aliphatic carbocycles. The van der Waals surface area contributed by atoms with Crippen molar-refractivity contribution in [3.63, 3.8) is 0 Å². The predicted molar refractivity (Wildman–Crippen MR) is 183 cm³/mol. The summed E-state index contributed by atoms with van der Waals surface area (Å²) in [6.07, 6.45) is 11.1. The molecule has 55 heavy (non-hydrogen) atoms. The molecule has 23 nitrogen and oxygen atoms in total. The molecule has 0 aromatic carbocycles. The molecule has 0 radical (unpaired) electrons. The van der Waals surface area contributed by atoms with Crippen LogP contribution in [0.5, 0.6) is 0 Å². The van der Waals surface area contributed by atoms with E-state index in [0.29, 0.717) is 19.3 Å². The summed E-state index contributed by atoms with van der Waals surface area (Å²) in [5.74, 6) is -1.95. The molecule has 24 heteroatoms. The van der Waals surface area contributed by atoms with Crippen LogP contribution in [0.1, 0.15) is 51.4 Å². The first-order valence-corrected chi connectivity index (χ1v) is 15.1. The van der Waals surface area contributed by atoms with E-state index in [1.54, 1.807) is 6.29 Å². The summed E-state index contributed by atoms with van der Waals surface area (Å²) in [7, 11) is 7.82. The quantitative estimate of drug-likeness (QED) is 0.0157. The van der Waals surface area contributed by atoms with Gasteiger partial charge in [-0.15, -0.1) is 0 Å². The van der Waals surface area contributed by atoms with Crippen molar-refractivity contribution in [3.05, 3.63) is 0 Å². The molecule has 0 aromatic rings. The summed E-state index contributed by atoms with van der Waals surface area (Å²) in [6, 6.07) is 0. The van der Waals surface area contributed by atoms with Crippen LogP contribution in [-0.4, -0.2) is 150 Å². The second-order valence-electron chi connectivity index (χ2n) is 8.35. The number of nitrogens with one attached hydrogen (secondary N) is 5. The first kappa shape index (κ1) is 64.3. The molecule has 0 bridgehead atoms. The van der Waals surface area contributed by atoms with Gasteiger partial charge in [0.15, 0.2) is 0 Å². The van der Waals surface area contributed by atoms with Crippen molar-refractivity contribution < 1.29 is 103 Å². The molecule has 0 aliphatic heterocycles. The van der Waals surface area contributed by atoms with Gasteiger partial charge in [0.05, 0.1) is 74.8 Å². The van der Waals surface area contributed by atoms with Gasteiger partial charge < -0.3 is 83.8 Å². The topological polar surface area (TPSA) is 320 Å². The summed E-state index contributed by atoms with van der Waals surface area (Å²) >= 11 is 0. The number of hydrogen-bond donors (Lipinski definition) is 5. The number of rotatable bonds is 24. The standard InChI is InChI=1S/C6H9O3.5C5H8NO3.Fe/c1-9-6(8)4-2-3-5-7;5*1-9-5(8)2-3-6-4-7;/h2-4H2,1H3;5*2-3H2,1H3,(H,6,7);/q6*-1;+6. The molecule has 0 fully saturated rings. The van der Waals surface area contributed by atoms with Gasteiger partial charge in [-0.05, 0) is 32.7 Å². The van der Waals surface area contributed by atoms with E-state index in [1.807, 2.05) is 0 Å². The molecule has 5 amide bonds. The number of esters is 6. The Balaban J connectivity index is -0.000000100. The van der Waals surface area contributed by atoms with Crippen LogP contribution in [0, 0.1) is 0 Å². The number of methoxy groups -OCH3 is 6. The van der Waals surface area contributed by atoms with E-state index >= 15 is 0 Å². The zero-order valence-corrected chi connectivity index (χ0v) is 32.5. The van der Waals surface area contributed by atoms with Crippen LogP contribution in [0.2, 0.25) is 0 Å². The minimum absolute atomic E-state index is 0. The number of carbonyl (C=O) groups excluding carboxylic acids is 12. The smallest absolute Gasteiger partial charge is 0.542 e. The van der Waals surface area contributed by atoms with Crippen LogP contribution >= 0.6 is 0 Å². The third kappa shape index (κ3) is 78.6. The van der Waals surface area contributed by atoms with E-state index in [-0.39, 0.29) is 118 Å². The largest absolute Gasteiger partial charge is 6.00 e. The third-order valence-corrected chi connectivity index (χ3v) is 4.66. The van der Waals surface area contributed by atoms with Crippen molar-refractivity contribution in [2.75, 3.05) is 75.4 Å². The van der Waals surface area contributed by atoms with E-state index in [0.717, 1.165) is 0 Å². The molecule has 0 unspecified atom stereocenters. The number of hydrogen-bond acceptors (Lipinski definition) is 18. The Kier molecular flexibility index (Phi) is 70.7. The van der Waals surface area contributed by atoms with Crippen LogP contribution in [0.4, 0.5) is 0 Å². The molecule has 0 saturated carbocycles. The van der Waals surface area contributed by atoms with Gasteiger partial charge in [-0.1, -0.05) is 6.42 Å². The fourth-order valence-electron chi connectivity index (χ4n) is 2.00. The van der Waals surface area contributed by atoms with Gasteiger partial charge in [0, 0.05) is 6.42 Å². The summed E-state index contributed by atoms with van der Waals surface area (Å²) in [6.45, 7) is 1.44. The number of amides is 5. The molecule has 0 spiro atoms. The third-order valence-electron chi connectivity index (χ3n) is 4.66. The van der Waals surface area contributed by atoms with Crippen LogP contribution in [0.25, 0.3) is 0 Å². The van der Waals surface area contributed by atoms with Gasteiger partial charge >= 0.3 is 52.9 Å². The fraction of sp³-hybridized carbons (Fsp3) is 0.613. The van der Waals surface area contributed by atoms with Gasteiger partial charge in [0.2, 0.25) is 0 Å². The van der Waals surface area contributed by atoms with E-state index in [1.165, 1.54) is 74.7 Å². The maximum Gasteiger partial charge on any atom is 6.00 e. The average Bonchev–Trinajstić information content (AvgIpc) is 3.19. The molecule has 0 aliphatic rings. The SMILES string of the molecule is COC(=O)CCC[C-]=O.COC(=O)CCN[C-]=O.COC(=O)CCN[C-]=O.COC(=O)CCN[C-]=O.COC(=O)CCN[C-]=O.COC(=O)CCN[C-]=O.[Fe+6]. The van der Waals surface area contributed by atoms with Crippen molar-refractivity contribution in [1.29, 1.82) is 0 Å². The normalized spacial score (nSPS) is 8.04. The summed E-state index contributed by atoms with van der Waals surface area (Å²) < 4.78 is 25.8. The van der Waals surface area contributed by atoms with Gasteiger partial charge in [0.25, 0.3) is 0 Å². The molecule has 0 saturated heterocycles. The van der Waals surface area contributed by atoms with Crippen molar-refractivity contribution in [2.45, 2.75) is 51.4 Å². The molecule has 5 N–H and O–H groups in total. The fourth-order valence-corrected chi connectivity index (χ4v) is 2.00. The Morgan fingerprint density at radius 2 is 0.545 bits per heavy atom. The molecule has 314 valence electrons. The second-order valence-corrected chi connectivity index (χ2v) is 8.35. The summed E-state index contributed by atoms with van der Waals surface area (Å²) in [5.41, 5.74) is 0. The second kappa shape index (κ2) is 60.4. The zero-order chi connectivity index (χ0) is 42.7. The summed E-state index contributed by atoms with van der Waals surface area (Å²) in [5, 5.41) is 11.0. The average molecular weight is 836 g/mol. The minimum atomic E-state index is -0.335. The maximum absolute atomic E-state index is 10.3. The molecule has 0 heterocycles. The minimum Gasteiger partial charge on any atom is -0.542 e. The predicted octanol–water partition coefficient (Wildman–Crippen LogP) is -3.53. The van der Waals surface area contributed by atoms with Gasteiger partial charge in [-0.2, -0.15) is 38.5 Å². The Morgan fingerprint density at radius 3 is 0.691 bits per heavy atom. The molecular formula is C31H49FeN5O18. The Hall–Kier alpha value is -5.64. The van der Waals surface area contributed by atoms with Crippen LogP contribution in [0.15, 0.2) is 0 Å².